The van der Waals surface area contributed by atoms with Crippen LogP contribution < -0.4 is 5.73 Å². The van der Waals surface area contributed by atoms with Crippen LogP contribution in [0.3, 0.4) is 0 Å². The van der Waals surface area contributed by atoms with Crippen molar-refractivity contribution in [3.63, 3.8) is 0 Å². The summed E-state index contributed by atoms with van der Waals surface area (Å²) in [6.07, 6.45) is 0. The summed E-state index contributed by atoms with van der Waals surface area (Å²) < 4.78 is 0. The Balaban J connectivity index is 2.21. The second-order valence-electron chi connectivity index (χ2n) is 4.59. The summed E-state index contributed by atoms with van der Waals surface area (Å²) in [5, 5.41) is 9.36. The highest BCUT2D eigenvalue weighted by atomic mass is 16.3. The number of hydrogen-bond donors (Lipinski definition) is 2. The number of phenolic OH excluding ortho intramolecular Hbond substituents is 1. The van der Waals surface area contributed by atoms with Gasteiger partial charge in [-0.2, -0.15) is 0 Å². The first-order valence-electron chi connectivity index (χ1n) is 5.35. The van der Waals surface area contributed by atoms with Crippen LogP contribution in [-0.2, 0) is 11.3 Å². The maximum Gasteiger partial charge on any atom is 0.257 e. The van der Waals surface area contributed by atoms with E-state index in [1.165, 1.54) is 4.90 Å². The van der Waals surface area contributed by atoms with Gasteiger partial charge in [0.2, 0.25) is 0 Å². The van der Waals surface area contributed by atoms with Crippen LogP contribution >= 0.6 is 0 Å². The van der Waals surface area contributed by atoms with E-state index >= 15 is 0 Å². The summed E-state index contributed by atoms with van der Waals surface area (Å²) in [4.78, 5) is 17.5. The molecule has 0 unspecified atom stereocenters. The average Bonchev–Trinajstić information content (AvgIpc) is 2.41. The van der Waals surface area contributed by atoms with E-state index in [9.17, 15) is 9.90 Å². The van der Waals surface area contributed by atoms with Crippen molar-refractivity contribution in [2.75, 3.05) is 0 Å². The Kier molecular flexibility index (Phi) is 2.53. The molecule has 0 radical (unpaired) electrons. The number of aliphatic imine (C=N–C) groups is 1. The van der Waals surface area contributed by atoms with E-state index in [0.717, 1.165) is 5.56 Å². The molecule has 5 nitrogen and oxygen atoms in total. The van der Waals surface area contributed by atoms with E-state index in [2.05, 4.69) is 4.99 Å². The summed E-state index contributed by atoms with van der Waals surface area (Å²) in [6.45, 7) is 3.78. The van der Waals surface area contributed by atoms with Crippen molar-refractivity contribution in [2.45, 2.75) is 25.9 Å². The number of amides is 1. The SMILES string of the molecule is CC1(C)N=C(N)N(Cc2cccc(O)c2)C1=O. The molecule has 1 aromatic carbocycles. The molecule has 2 rings (SSSR count). The predicted octanol–water partition coefficient (Wildman–Crippen LogP) is 0.828. The first-order chi connectivity index (χ1) is 7.90. The number of rotatable bonds is 2. The zero-order valence-corrected chi connectivity index (χ0v) is 9.84. The minimum absolute atomic E-state index is 0.127. The van der Waals surface area contributed by atoms with E-state index < -0.39 is 5.54 Å². The third-order valence-electron chi connectivity index (χ3n) is 2.69. The summed E-state index contributed by atoms with van der Waals surface area (Å²) in [5.41, 5.74) is 5.75. The number of benzene rings is 1. The van der Waals surface area contributed by atoms with Gasteiger partial charge in [-0.05, 0) is 31.5 Å². The minimum atomic E-state index is -0.791. The van der Waals surface area contributed by atoms with Crippen molar-refractivity contribution in [2.24, 2.45) is 10.7 Å². The predicted molar refractivity (Wildman–Crippen MR) is 64.4 cm³/mol. The number of hydrogen-bond acceptors (Lipinski definition) is 4. The van der Waals surface area contributed by atoms with Crippen LogP contribution in [0.4, 0.5) is 0 Å². The molecule has 17 heavy (non-hydrogen) atoms. The van der Waals surface area contributed by atoms with Gasteiger partial charge in [-0.25, -0.2) is 4.99 Å². The third kappa shape index (κ3) is 2.08. The van der Waals surface area contributed by atoms with Crippen LogP contribution in [0.5, 0.6) is 5.75 Å². The van der Waals surface area contributed by atoms with Crippen LogP contribution in [0.1, 0.15) is 19.4 Å². The largest absolute Gasteiger partial charge is 0.508 e. The molecule has 90 valence electrons. The number of carbonyl (C=O) groups is 1. The number of aromatic hydroxyl groups is 1. The Morgan fingerprint density at radius 1 is 1.47 bits per heavy atom. The van der Waals surface area contributed by atoms with Gasteiger partial charge in [0.25, 0.3) is 5.91 Å². The van der Waals surface area contributed by atoms with Crippen molar-refractivity contribution in [1.82, 2.24) is 4.90 Å². The second kappa shape index (κ2) is 3.76. The van der Waals surface area contributed by atoms with Crippen LogP contribution in [0.15, 0.2) is 29.3 Å². The number of carbonyl (C=O) groups excluding carboxylic acids is 1. The Labute approximate surface area is 99.6 Å². The smallest absolute Gasteiger partial charge is 0.257 e. The topological polar surface area (TPSA) is 78.9 Å². The average molecular weight is 233 g/mol. The molecule has 0 saturated heterocycles. The maximum absolute atomic E-state index is 12.0. The van der Waals surface area contributed by atoms with Crippen LogP contribution in [-0.4, -0.2) is 27.4 Å². The normalized spacial score (nSPS) is 18.4. The van der Waals surface area contributed by atoms with Gasteiger partial charge in [-0.1, -0.05) is 12.1 Å². The molecule has 1 amide bonds. The molecular weight excluding hydrogens is 218 g/mol. The lowest BCUT2D eigenvalue weighted by molar-refractivity contribution is -0.130. The molecule has 3 N–H and O–H groups in total. The number of nitrogens with zero attached hydrogens (tertiary/aromatic N) is 2. The molecule has 0 aromatic heterocycles. The van der Waals surface area contributed by atoms with Gasteiger partial charge in [0.15, 0.2) is 5.96 Å². The van der Waals surface area contributed by atoms with Crippen molar-refractivity contribution < 1.29 is 9.90 Å². The van der Waals surface area contributed by atoms with Gasteiger partial charge in [0.05, 0.1) is 6.54 Å². The van der Waals surface area contributed by atoms with Crippen molar-refractivity contribution in [3.05, 3.63) is 29.8 Å². The van der Waals surface area contributed by atoms with Crippen molar-refractivity contribution >= 4 is 11.9 Å². The fraction of sp³-hybridized carbons (Fsp3) is 0.333. The molecule has 0 saturated carbocycles. The van der Waals surface area contributed by atoms with E-state index in [-0.39, 0.29) is 17.6 Å². The molecule has 1 aliphatic heterocycles. The second-order valence-corrected chi connectivity index (χ2v) is 4.59. The molecule has 0 spiro atoms. The Hall–Kier alpha value is -2.04. The summed E-state index contributed by atoms with van der Waals surface area (Å²) in [7, 11) is 0. The number of phenols is 1. The molecule has 1 heterocycles. The molecule has 1 aromatic rings. The Morgan fingerprint density at radius 3 is 2.71 bits per heavy atom. The van der Waals surface area contributed by atoms with E-state index in [0.29, 0.717) is 6.54 Å². The zero-order chi connectivity index (χ0) is 12.6. The highest BCUT2D eigenvalue weighted by Crippen LogP contribution is 2.23. The first-order valence-corrected chi connectivity index (χ1v) is 5.35. The van der Waals surface area contributed by atoms with Gasteiger partial charge >= 0.3 is 0 Å². The van der Waals surface area contributed by atoms with E-state index in [1.807, 2.05) is 6.07 Å². The van der Waals surface area contributed by atoms with Crippen molar-refractivity contribution in [1.29, 1.82) is 0 Å². The maximum atomic E-state index is 12.0. The molecule has 1 aliphatic rings. The van der Waals surface area contributed by atoms with Gasteiger partial charge in [-0.3, -0.25) is 9.69 Å². The fourth-order valence-corrected chi connectivity index (χ4v) is 1.82. The van der Waals surface area contributed by atoms with Crippen LogP contribution in [0.25, 0.3) is 0 Å². The first kappa shape index (κ1) is 11.4. The lowest BCUT2D eigenvalue weighted by atomic mass is 10.1. The third-order valence-corrected chi connectivity index (χ3v) is 2.69. The van der Waals surface area contributed by atoms with Crippen LogP contribution in [0, 0.1) is 0 Å². The lowest BCUT2D eigenvalue weighted by Gasteiger charge is -2.19. The van der Waals surface area contributed by atoms with Crippen molar-refractivity contribution in [3.8, 4) is 5.75 Å². The summed E-state index contributed by atoms with van der Waals surface area (Å²) in [6, 6.07) is 6.73. The standard InChI is InChI=1S/C12H15N3O2/c1-12(2)10(17)15(11(13)14-12)7-8-4-3-5-9(16)6-8/h3-6,16H,7H2,1-2H3,(H2,13,14). The summed E-state index contributed by atoms with van der Waals surface area (Å²) in [5.74, 6) is 0.269. The quantitative estimate of drug-likeness (QED) is 0.794. The number of nitrogens with two attached hydrogens (primary N) is 1. The van der Waals surface area contributed by atoms with E-state index in [1.54, 1.807) is 32.0 Å². The summed E-state index contributed by atoms with van der Waals surface area (Å²) >= 11 is 0. The lowest BCUT2D eigenvalue weighted by Crippen LogP contribution is -2.41. The minimum Gasteiger partial charge on any atom is -0.508 e. The monoisotopic (exact) mass is 233 g/mol. The van der Waals surface area contributed by atoms with Gasteiger partial charge in [-0.15, -0.1) is 0 Å². The number of guanidine groups is 1. The fourth-order valence-electron chi connectivity index (χ4n) is 1.82. The van der Waals surface area contributed by atoms with Gasteiger partial charge in [0.1, 0.15) is 11.3 Å². The molecule has 0 bridgehead atoms. The van der Waals surface area contributed by atoms with Gasteiger partial charge in [0, 0.05) is 0 Å². The molecular formula is C12H15N3O2. The highest BCUT2D eigenvalue weighted by molar-refractivity contribution is 6.06. The molecule has 0 aliphatic carbocycles. The van der Waals surface area contributed by atoms with Gasteiger partial charge < -0.3 is 10.8 Å². The molecule has 5 heteroatoms. The zero-order valence-electron chi connectivity index (χ0n) is 9.84. The molecule has 0 atom stereocenters. The molecule has 0 fully saturated rings. The Bertz CT molecular complexity index is 494. The van der Waals surface area contributed by atoms with E-state index in [4.69, 9.17) is 5.73 Å². The highest BCUT2D eigenvalue weighted by Gasteiger charge is 2.39. The Morgan fingerprint density at radius 2 is 2.18 bits per heavy atom. The van der Waals surface area contributed by atoms with Crippen LogP contribution in [0.2, 0.25) is 0 Å².